The number of ether oxygens (including phenoxy) is 2. The number of fused-ring (bicyclic) bond motifs is 1. The van der Waals surface area contributed by atoms with Gasteiger partial charge in [0.2, 0.25) is 10.0 Å². The summed E-state index contributed by atoms with van der Waals surface area (Å²) in [6.45, 7) is 0.456. The van der Waals surface area contributed by atoms with Gasteiger partial charge in [0.25, 0.3) is 5.91 Å². The maximum Gasteiger partial charge on any atom is 0.342 e. The van der Waals surface area contributed by atoms with Gasteiger partial charge in [-0.25, -0.2) is 13.2 Å². The van der Waals surface area contributed by atoms with Crippen LogP contribution in [0.3, 0.4) is 0 Å². The van der Waals surface area contributed by atoms with Gasteiger partial charge in [0.15, 0.2) is 6.61 Å². The van der Waals surface area contributed by atoms with Crippen molar-refractivity contribution in [1.82, 2.24) is 4.31 Å². The quantitative estimate of drug-likeness (QED) is 0.533. The number of nitrogens with zero attached hydrogens (tertiary/aromatic N) is 1. The Bertz CT molecular complexity index is 1300. The Morgan fingerprint density at radius 3 is 2.36 bits per heavy atom. The Hall–Kier alpha value is -3.43. The highest BCUT2D eigenvalue weighted by Gasteiger charge is 2.27. The Balaban J connectivity index is 1.42. The number of nitrogens with one attached hydrogen (secondary N) is 1. The molecule has 1 saturated heterocycles. The van der Waals surface area contributed by atoms with Crippen molar-refractivity contribution in [2.45, 2.75) is 17.7 Å². The average Bonchev–Trinajstić information content (AvgIpc) is 3.38. The molecule has 1 amide bonds. The molecule has 0 spiro atoms. The number of methoxy groups -OCH3 is 1. The summed E-state index contributed by atoms with van der Waals surface area (Å²) in [5, 5.41) is 4.33. The van der Waals surface area contributed by atoms with Gasteiger partial charge in [-0.15, -0.1) is 0 Å². The molecule has 3 aromatic rings. The molecule has 1 heterocycles. The highest BCUT2D eigenvalue weighted by molar-refractivity contribution is 7.89. The summed E-state index contributed by atoms with van der Waals surface area (Å²) in [7, 11) is -2.15. The summed E-state index contributed by atoms with van der Waals surface area (Å²) in [6.07, 6.45) is 1.67. The van der Waals surface area contributed by atoms with Gasteiger partial charge < -0.3 is 14.8 Å². The minimum atomic E-state index is -3.60. The van der Waals surface area contributed by atoms with Crippen molar-refractivity contribution in [3.8, 4) is 5.75 Å². The van der Waals surface area contributed by atoms with Crippen LogP contribution in [0.1, 0.15) is 23.2 Å². The Morgan fingerprint density at radius 2 is 1.67 bits per heavy atom. The first-order chi connectivity index (χ1) is 15.9. The highest BCUT2D eigenvalue weighted by atomic mass is 32.2. The van der Waals surface area contributed by atoms with Gasteiger partial charge in [0.1, 0.15) is 11.3 Å². The predicted octanol–water partition coefficient (Wildman–Crippen LogP) is 3.43. The van der Waals surface area contributed by atoms with Gasteiger partial charge in [-0.1, -0.05) is 30.3 Å². The van der Waals surface area contributed by atoms with Crippen molar-refractivity contribution in [1.29, 1.82) is 0 Å². The second-order valence-corrected chi connectivity index (χ2v) is 9.60. The number of rotatable bonds is 7. The van der Waals surface area contributed by atoms with Crippen molar-refractivity contribution in [3.63, 3.8) is 0 Å². The van der Waals surface area contributed by atoms with Crippen LogP contribution in [0.25, 0.3) is 10.8 Å². The number of sulfonamides is 1. The van der Waals surface area contributed by atoms with E-state index in [0.29, 0.717) is 24.5 Å². The molecular formula is C24H24N2O6S. The molecule has 1 aliphatic rings. The summed E-state index contributed by atoms with van der Waals surface area (Å²) < 4.78 is 37.4. The van der Waals surface area contributed by atoms with Crippen LogP contribution in [-0.4, -0.2) is 51.4 Å². The van der Waals surface area contributed by atoms with Crippen molar-refractivity contribution < 1.29 is 27.5 Å². The average molecular weight is 469 g/mol. The molecule has 0 saturated carbocycles. The molecule has 0 aliphatic carbocycles. The maximum atomic E-state index is 12.7. The summed E-state index contributed by atoms with van der Waals surface area (Å²) in [6, 6.07) is 16.9. The Kier molecular flexibility index (Phi) is 6.62. The molecule has 1 N–H and O–H groups in total. The van der Waals surface area contributed by atoms with Gasteiger partial charge in [0, 0.05) is 18.8 Å². The minimum Gasteiger partial charge on any atom is -0.496 e. The molecule has 0 atom stereocenters. The molecule has 33 heavy (non-hydrogen) atoms. The second kappa shape index (κ2) is 9.60. The lowest BCUT2D eigenvalue weighted by atomic mass is 10.1. The molecule has 8 nitrogen and oxygen atoms in total. The highest BCUT2D eigenvalue weighted by Crippen LogP contribution is 2.27. The van der Waals surface area contributed by atoms with Crippen LogP contribution in [0.4, 0.5) is 5.69 Å². The second-order valence-electron chi connectivity index (χ2n) is 7.66. The molecule has 4 rings (SSSR count). The third-order valence-corrected chi connectivity index (χ3v) is 7.34. The SMILES string of the molecule is COc1cc2ccccc2cc1C(=O)OCC(=O)Nc1cccc(S(=O)(=O)N2CCCC2)c1. The van der Waals surface area contributed by atoms with Crippen LogP contribution in [-0.2, 0) is 19.6 Å². The summed E-state index contributed by atoms with van der Waals surface area (Å²) in [5.74, 6) is -0.934. The zero-order valence-corrected chi connectivity index (χ0v) is 18.9. The number of benzene rings is 3. The van der Waals surface area contributed by atoms with E-state index in [1.807, 2.05) is 24.3 Å². The molecule has 1 fully saturated rings. The zero-order chi connectivity index (χ0) is 23.4. The predicted molar refractivity (Wildman–Crippen MR) is 124 cm³/mol. The molecule has 0 unspecified atom stereocenters. The van der Waals surface area contributed by atoms with Crippen LogP contribution in [0.5, 0.6) is 5.75 Å². The fourth-order valence-electron chi connectivity index (χ4n) is 3.77. The number of carbonyl (C=O) groups is 2. The lowest BCUT2D eigenvalue weighted by Crippen LogP contribution is -2.28. The third-order valence-electron chi connectivity index (χ3n) is 5.44. The van der Waals surface area contributed by atoms with Gasteiger partial charge in [0.05, 0.1) is 12.0 Å². The number of esters is 1. The number of carbonyl (C=O) groups excluding carboxylic acids is 2. The van der Waals surface area contributed by atoms with Crippen LogP contribution < -0.4 is 10.1 Å². The van der Waals surface area contributed by atoms with E-state index in [-0.39, 0.29) is 10.5 Å². The molecule has 9 heteroatoms. The van der Waals surface area contributed by atoms with E-state index in [9.17, 15) is 18.0 Å². The molecule has 1 aliphatic heterocycles. The first-order valence-electron chi connectivity index (χ1n) is 10.5. The van der Waals surface area contributed by atoms with E-state index in [0.717, 1.165) is 23.6 Å². The molecule has 0 radical (unpaired) electrons. The van der Waals surface area contributed by atoms with Crippen LogP contribution >= 0.6 is 0 Å². The van der Waals surface area contributed by atoms with E-state index in [1.54, 1.807) is 24.3 Å². The smallest absolute Gasteiger partial charge is 0.342 e. The van der Waals surface area contributed by atoms with Crippen LogP contribution in [0.2, 0.25) is 0 Å². The first kappa shape index (κ1) is 22.8. The maximum absolute atomic E-state index is 12.7. The van der Waals surface area contributed by atoms with Crippen molar-refractivity contribution in [3.05, 3.63) is 66.2 Å². The van der Waals surface area contributed by atoms with Crippen LogP contribution in [0, 0.1) is 0 Å². The topological polar surface area (TPSA) is 102 Å². The van der Waals surface area contributed by atoms with Gasteiger partial charge in [-0.05, 0) is 53.9 Å². The van der Waals surface area contributed by atoms with E-state index >= 15 is 0 Å². The molecule has 172 valence electrons. The molecular weight excluding hydrogens is 444 g/mol. The number of amides is 1. The Morgan fingerprint density at radius 1 is 0.970 bits per heavy atom. The first-order valence-corrected chi connectivity index (χ1v) is 12.0. The van der Waals surface area contributed by atoms with Crippen molar-refractivity contribution in [2.75, 3.05) is 32.1 Å². The molecule has 0 aromatic heterocycles. The third kappa shape index (κ3) is 4.99. The van der Waals surface area contributed by atoms with Crippen molar-refractivity contribution >= 4 is 38.4 Å². The van der Waals surface area contributed by atoms with Crippen LogP contribution in [0.15, 0.2) is 65.6 Å². The fraction of sp³-hybridized carbons (Fsp3) is 0.250. The lowest BCUT2D eigenvalue weighted by Gasteiger charge is -2.16. The summed E-state index contributed by atoms with van der Waals surface area (Å²) in [5.41, 5.74) is 0.516. The monoisotopic (exact) mass is 468 g/mol. The normalized spacial score (nSPS) is 14.2. The number of hydrogen-bond donors (Lipinski definition) is 1. The fourth-order valence-corrected chi connectivity index (χ4v) is 5.33. The van der Waals surface area contributed by atoms with E-state index in [1.165, 1.54) is 23.5 Å². The number of hydrogen-bond acceptors (Lipinski definition) is 6. The van der Waals surface area contributed by atoms with E-state index in [4.69, 9.17) is 9.47 Å². The largest absolute Gasteiger partial charge is 0.496 e. The van der Waals surface area contributed by atoms with Gasteiger partial charge in [-0.2, -0.15) is 4.31 Å². The van der Waals surface area contributed by atoms with E-state index < -0.39 is 28.5 Å². The minimum absolute atomic E-state index is 0.111. The lowest BCUT2D eigenvalue weighted by molar-refractivity contribution is -0.119. The van der Waals surface area contributed by atoms with Gasteiger partial charge in [-0.3, -0.25) is 4.79 Å². The molecule has 0 bridgehead atoms. The molecule has 3 aromatic carbocycles. The summed E-state index contributed by atoms with van der Waals surface area (Å²) >= 11 is 0. The van der Waals surface area contributed by atoms with Gasteiger partial charge >= 0.3 is 5.97 Å². The van der Waals surface area contributed by atoms with E-state index in [2.05, 4.69) is 5.32 Å². The standard InChI is InChI=1S/C24H24N2O6S/c1-31-22-14-18-8-3-2-7-17(18)13-21(22)24(28)32-16-23(27)25-19-9-6-10-20(15-19)33(29,30)26-11-4-5-12-26/h2-3,6-10,13-15H,4-5,11-12,16H2,1H3,(H,25,27). The van der Waals surface area contributed by atoms with Crippen molar-refractivity contribution in [2.24, 2.45) is 0 Å². The zero-order valence-electron chi connectivity index (χ0n) is 18.1. The Labute approximate surface area is 192 Å². The summed E-state index contributed by atoms with van der Waals surface area (Å²) in [4.78, 5) is 25.1. The number of anilines is 1.